The molecule has 0 unspecified atom stereocenters. The smallest absolute Gasteiger partial charge is 0.399 e. The van der Waals surface area contributed by atoms with Gasteiger partial charge in [0, 0.05) is 22.5 Å². The molecule has 0 spiro atoms. The molecule has 0 aromatic heterocycles. The van der Waals surface area contributed by atoms with Gasteiger partial charge >= 0.3 is 7.12 Å². The number of anilines is 3. The van der Waals surface area contributed by atoms with Crippen molar-refractivity contribution in [2.75, 3.05) is 4.90 Å². The minimum atomic E-state index is -0.406. The van der Waals surface area contributed by atoms with Crippen LogP contribution < -0.4 is 10.4 Å². The van der Waals surface area contributed by atoms with E-state index in [-0.39, 0.29) is 16.6 Å². The quantitative estimate of drug-likeness (QED) is 0.275. The molecule has 0 saturated carbocycles. The van der Waals surface area contributed by atoms with Crippen molar-refractivity contribution in [1.82, 2.24) is 0 Å². The highest BCUT2D eigenvalue weighted by Crippen LogP contribution is 2.50. The molecule has 4 aromatic carbocycles. The van der Waals surface area contributed by atoms with E-state index in [4.69, 9.17) is 9.31 Å². The van der Waals surface area contributed by atoms with Gasteiger partial charge in [0.25, 0.3) is 0 Å². The Kier molecular flexibility index (Phi) is 5.42. The van der Waals surface area contributed by atoms with E-state index >= 15 is 0 Å². The zero-order valence-electron chi connectivity index (χ0n) is 22.6. The molecule has 3 nitrogen and oxygen atoms in total. The molecule has 4 heteroatoms. The molecule has 0 amide bonds. The minimum absolute atomic E-state index is 0.0607. The number of hydrogen-bond donors (Lipinski definition) is 0. The lowest BCUT2D eigenvalue weighted by molar-refractivity contribution is 0.00578. The summed E-state index contributed by atoms with van der Waals surface area (Å²) in [6, 6.07) is 34.8. The van der Waals surface area contributed by atoms with Gasteiger partial charge in [-0.05, 0) is 91.8 Å². The average Bonchev–Trinajstić information content (AvgIpc) is 3.25. The van der Waals surface area contributed by atoms with E-state index < -0.39 is 7.12 Å². The first-order chi connectivity index (χ1) is 17.6. The lowest BCUT2D eigenvalue weighted by atomic mass is 9.79. The monoisotopic (exact) mass is 487 g/mol. The SMILES string of the molecule is CC1(C)c2ccccc2-c2ccc(N(c3ccccc3)c3cccc(B4OC(C)(C)C(C)(C)O4)c3)cc21. The standard InChI is InChI=1S/C33H34BNO2/c1-31(2)29-18-11-10-17-27(29)28-20-19-26(22-30(28)31)35(24-14-8-7-9-15-24)25-16-12-13-23(21-25)34-36-32(3,4)33(5,6)37-34/h7-22H,1-6H3. The molecule has 0 N–H and O–H groups in total. The molecule has 0 bridgehead atoms. The van der Waals surface area contributed by atoms with Crippen LogP contribution in [-0.4, -0.2) is 18.3 Å². The van der Waals surface area contributed by atoms with Crippen molar-refractivity contribution in [2.45, 2.75) is 58.2 Å². The van der Waals surface area contributed by atoms with Crippen molar-refractivity contribution in [1.29, 1.82) is 0 Å². The molecule has 0 radical (unpaired) electrons. The molecule has 1 heterocycles. The molecule has 1 saturated heterocycles. The molecule has 1 aliphatic heterocycles. The van der Waals surface area contributed by atoms with E-state index in [2.05, 4.69) is 144 Å². The number of rotatable bonds is 4. The molecule has 1 aliphatic carbocycles. The Labute approximate surface area is 221 Å². The number of benzene rings is 4. The lowest BCUT2D eigenvalue weighted by Gasteiger charge is -2.32. The Morgan fingerprint density at radius 2 is 1.14 bits per heavy atom. The van der Waals surface area contributed by atoms with E-state index in [0.29, 0.717) is 0 Å². The van der Waals surface area contributed by atoms with Crippen LogP contribution in [0.1, 0.15) is 52.7 Å². The van der Waals surface area contributed by atoms with Gasteiger partial charge in [-0.25, -0.2) is 0 Å². The number of hydrogen-bond acceptors (Lipinski definition) is 3. The summed E-state index contributed by atoms with van der Waals surface area (Å²) in [6.07, 6.45) is 0. The van der Waals surface area contributed by atoms with Crippen molar-refractivity contribution in [3.63, 3.8) is 0 Å². The number of nitrogens with zero attached hydrogens (tertiary/aromatic N) is 1. The fraction of sp³-hybridized carbons (Fsp3) is 0.273. The largest absolute Gasteiger partial charge is 0.494 e. The predicted molar refractivity (Wildman–Crippen MR) is 154 cm³/mol. The van der Waals surface area contributed by atoms with Crippen LogP contribution in [-0.2, 0) is 14.7 Å². The highest BCUT2D eigenvalue weighted by molar-refractivity contribution is 6.62. The second kappa shape index (κ2) is 8.34. The van der Waals surface area contributed by atoms with Crippen LogP contribution >= 0.6 is 0 Å². The maximum absolute atomic E-state index is 6.38. The van der Waals surface area contributed by atoms with Crippen molar-refractivity contribution < 1.29 is 9.31 Å². The van der Waals surface area contributed by atoms with Gasteiger partial charge in [-0.15, -0.1) is 0 Å². The second-order valence-corrected chi connectivity index (χ2v) is 11.8. The van der Waals surface area contributed by atoms with Crippen molar-refractivity contribution >= 4 is 29.6 Å². The molecule has 0 atom stereocenters. The Balaban J connectivity index is 1.46. The van der Waals surface area contributed by atoms with Gasteiger partial charge in [-0.3, -0.25) is 0 Å². The van der Waals surface area contributed by atoms with Crippen LogP contribution in [0.5, 0.6) is 0 Å². The summed E-state index contributed by atoms with van der Waals surface area (Å²) in [5.74, 6) is 0. The Bertz CT molecular complexity index is 1460. The molecule has 186 valence electrons. The van der Waals surface area contributed by atoms with Crippen molar-refractivity contribution in [2.24, 2.45) is 0 Å². The first-order valence-corrected chi connectivity index (χ1v) is 13.1. The zero-order chi connectivity index (χ0) is 26.0. The van der Waals surface area contributed by atoms with Crippen LogP contribution in [0.2, 0.25) is 0 Å². The van der Waals surface area contributed by atoms with E-state index in [9.17, 15) is 0 Å². The second-order valence-electron chi connectivity index (χ2n) is 11.8. The maximum atomic E-state index is 6.38. The topological polar surface area (TPSA) is 21.7 Å². The van der Waals surface area contributed by atoms with E-state index in [0.717, 1.165) is 22.5 Å². The Morgan fingerprint density at radius 3 is 1.86 bits per heavy atom. The molecular formula is C33H34BNO2. The summed E-state index contributed by atoms with van der Waals surface area (Å²) in [5.41, 5.74) is 8.92. The lowest BCUT2D eigenvalue weighted by Crippen LogP contribution is -2.41. The highest BCUT2D eigenvalue weighted by Gasteiger charge is 2.51. The van der Waals surface area contributed by atoms with Crippen LogP contribution in [0.25, 0.3) is 11.1 Å². The van der Waals surface area contributed by atoms with Gasteiger partial charge < -0.3 is 14.2 Å². The van der Waals surface area contributed by atoms with Crippen LogP contribution in [0.3, 0.4) is 0 Å². The summed E-state index contributed by atoms with van der Waals surface area (Å²) in [4.78, 5) is 2.33. The number of fused-ring (bicyclic) bond motifs is 3. The highest BCUT2D eigenvalue weighted by atomic mass is 16.7. The van der Waals surface area contributed by atoms with E-state index in [1.807, 2.05) is 0 Å². The van der Waals surface area contributed by atoms with Crippen molar-refractivity contribution in [3.05, 3.63) is 108 Å². The first kappa shape index (κ1) is 24.0. The van der Waals surface area contributed by atoms with Gasteiger partial charge in [0.1, 0.15) is 0 Å². The Morgan fingerprint density at radius 1 is 0.541 bits per heavy atom. The third-order valence-corrected chi connectivity index (χ3v) is 8.49. The summed E-state index contributed by atoms with van der Waals surface area (Å²) >= 11 is 0. The van der Waals surface area contributed by atoms with Gasteiger partial charge in [-0.1, -0.05) is 74.5 Å². The summed E-state index contributed by atoms with van der Waals surface area (Å²) < 4.78 is 12.8. The molecule has 6 rings (SSSR count). The molecule has 2 aliphatic rings. The first-order valence-electron chi connectivity index (χ1n) is 13.1. The predicted octanol–water partition coefficient (Wildman–Crippen LogP) is 7.76. The van der Waals surface area contributed by atoms with Crippen LogP contribution in [0, 0.1) is 0 Å². The third-order valence-electron chi connectivity index (χ3n) is 8.49. The molecule has 4 aromatic rings. The maximum Gasteiger partial charge on any atom is 0.494 e. The number of para-hydroxylation sites is 1. The van der Waals surface area contributed by atoms with Gasteiger partial charge in [0.15, 0.2) is 0 Å². The Hall–Kier alpha value is -3.34. The van der Waals surface area contributed by atoms with E-state index in [1.54, 1.807) is 0 Å². The fourth-order valence-corrected chi connectivity index (χ4v) is 5.65. The van der Waals surface area contributed by atoms with Gasteiger partial charge in [-0.2, -0.15) is 0 Å². The zero-order valence-corrected chi connectivity index (χ0v) is 22.6. The summed E-state index contributed by atoms with van der Waals surface area (Å²) in [7, 11) is -0.406. The molecular weight excluding hydrogens is 453 g/mol. The normalized spacial score (nSPS) is 18.4. The average molecular weight is 487 g/mol. The summed E-state index contributed by atoms with van der Waals surface area (Å²) in [5, 5.41) is 0. The molecule has 37 heavy (non-hydrogen) atoms. The van der Waals surface area contributed by atoms with E-state index in [1.165, 1.54) is 22.3 Å². The third kappa shape index (κ3) is 3.82. The van der Waals surface area contributed by atoms with Crippen molar-refractivity contribution in [3.8, 4) is 11.1 Å². The minimum Gasteiger partial charge on any atom is -0.399 e. The van der Waals surface area contributed by atoms with Crippen LogP contribution in [0.15, 0.2) is 97.1 Å². The summed E-state index contributed by atoms with van der Waals surface area (Å²) in [6.45, 7) is 13.0. The molecule has 1 fully saturated rings. The van der Waals surface area contributed by atoms with Gasteiger partial charge in [0.2, 0.25) is 0 Å². The fourth-order valence-electron chi connectivity index (χ4n) is 5.65. The van der Waals surface area contributed by atoms with Crippen LogP contribution in [0.4, 0.5) is 17.1 Å². The van der Waals surface area contributed by atoms with Gasteiger partial charge in [0.05, 0.1) is 11.2 Å².